The Hall–Kier alpha value is -2.77. The van der Waals surface area contributed by atoms with Gasteiger partial charge in [-0.1, -0.05) is 12.7 Å². The second-order valence-corrected chi connectivity index (χ2v) is 4.13. The van der Waals surface area contributed by atoms with Gasteiger partial charge in [0.25, 0.3) is 0 Å². The largest absolute Gasteiger partial charge is 0.481 e. The number of halogens is 1. The van der Waals surface area contributed by atoms with Gasteiger partial charge in [0.15, 0.2) is 34.8 Å². The summed E-state index contributed by atoms with van der Waals surface area (Å²) in [5.41, 5.74) is 5.80. The van der Waals surface area contributed by atoms with E-state index in [0.717, 1.165) is 6.20 Å². The minimum atomic E-state index is -0.716. The van der Waals surface area contributed by atoms with E-state index in [-0.39, 0.29) is 36.3 Å². The Morgan fingerprint density at radius 2 is 2.43 bits per heavy atom. The summed E-state index contributed by atoms with van der Waals surface area (Å²) in [5, 5.41) is 2.85. The van der Waals surface area contributed by atoms with Crippen molar-refractivity contribution in [1.82, 2.24) is 15.3 Å². The fraction of sp³-hybridized carbons (Fsp3) is 0.231. The van der Waals surface area contributed by atoms with Gasteiger partial charge < -0.3 is 15.8 Å². The van der Waals surface area contributed by atoms with E-state index in [1.54, 1.807) is 7.05 Å². The number of nitrogens with one attached hydrogen (secondary N) is 1. The summed E-state index contributed by atoms with van der Waals surface area (Å²) in [7, 11) is 1.54. The van der Waals surface area contributed by atoms with Gasteiger partial charge in [0, 0.05) is 7.05 Å². The highest BCUT2D eigenvalue weighted by molar-refractivity contribution is 6.06. The third-order valence-electron chi connectivity index (χ3n) is 2.73. The molecule has 0 spiro atoms. The van der Waals surface area contributed by atoms with Gasteiger partial charge in [0.1, 0.15) is 6.61 Å². The zero-order chi connectivity index (χ0) is 15.4. The molecule has 8 heteroatoms. The molecule has 0 aromatic carbocycles. The lowest BCUT2D eigenvalue weighted by molar-refractivity contribution is -0.120. The molecule has 0 radical (unpaired) electrons. The molecule has 1 aromatic rings. The number of ketones is 1. The van der Waals surface area contributed by atoms with Crippen molar-refractivity contribution in [2.45, 2.75) is 0 Å². The van der Waals surface area contributed by atoms with E-state index in [9.17, 15) is 9.18 Å². The molecule has 3 N–H and O–H groups in total. The van der Waals surface area contributed by atoms with E-state index in [4.69, 9.17) is 10.5 Å². The highest BCUT2D eigenvalue weighted by Crippen LogP contribution is 2.20. The van der Waals surface area contributed by atoms with Crippen molar-refractivity contribution in [1.29, 1.82) is 0 Å². The maximum atomic E-state index is 13.2. The average molecular weight is 291 g/mol. The molecule has 1 fully saturated rings. The summed E-state index contributed by atoms with van der Waals surface area (Å²) < 4.78 is 18.6. The van der Waals surface area contributed by atoms with Gasteiger partial charge in [-0.25, -0.2) is 14.4 Å². The van der Waals surface area contributed by atoms with Crippen molar-refractivity contribution in [3.63, 3.8) is 0 Å². The first-order chi connectivity index (χ1) is 10.1. The molecule has 0 amide bonds. The number of aromatic nitrogens is 2. The predicted octanol–water partition coefficient (Wildman–Crippen LogP) is 0.312. The molecule has 2 rings (SSSR count). The fourth-order valence-electron chi connectivity index (χ4n) is 1.72. The molecule has 110 valence electrons. The molecule has 1 aliphatic rings. The number of carbonyl (C=O) groups excluding carboxylic acids is 1. The van der Waals surface area contributed by atoms with Crippen molar-refractivity contribution < 1.29 is 13.9 Å². The number of rotatable bonds is 2. The Kier molecular flexibility index (Phi) is 4.27. The van der Waals surface area contributed by atoms with Gasteiger partial charge >= 0.3 is 0 Å². The van der Waals surface area contributed by atoms with Crippen molar-refractivity contribution in [3.8, 4) is 0 Å². The number of nitrogen functional groups attached to an aromatic ring is 1. The summed E-state index contributed by atoms with van der Waals surface area (Å²) in [6.07, 6.45) is 2.39. The molecule has 1 saturated heterocycles. The number of carbonyl (C=O) groups is 1. The van der Waals surface area contributed by atoms with Gasteiger partial charge in [-0.15, -0.1) is 0 Å². The van der Waals surface area contributed by atoms with Gasteiger partial charge in [0.05, 0.1) is 18.3 Å². The molecule has 0 bridgehead atoms. The number of hydrogen-bond donors (Lipinski definition) is 2. The topological polar surface area (TPSA) is 102 Å². The quantitative estimate of drug-likeness (QED) is 0.813. The van der Waals surface area contributed by atoms with E-state index in [0.29, 0.717) is 11.4 Å². The van der Waals surface area contributed by atoms with Gasteiger partial charge in [0.2, 0.25) is 0 Å². The van der Waals surface area contributed by atoms with Crippen LogP contribution in [0.15, 0.2) is 29.6 Å². The zero-order valence-corrected chi connectivity index (χ0v) is 11.4. The van der Waals surface area contributed by atoms with E-state index in [1.165, 1.54) is 6.08 Å². The third kappa shape index (κ3) is 3.04. The average Bonchev–Trinajstić information content (AvgIpc) is 2.66. The zero-order valence-electron chi connectivity index (χ0n) is 11.4. The smallest absolute Gasteiger partial charge is 0.189 e. The normalized spacial score (nSPS) is 19.5. The summed E-state index contributed by atoms with van der Waals surface area (Å²) in [6, 6.07) is 0. The Labute approximate surface area is 120 Å². The minimum Gasteiger partial charge on any atom is -0.481 e. The first-order valence-electron chi connectivity index (χ1n) is 6.07. The van der Waals surface area contributed by atoms with Gasteiger partial charge in [-0.05, 0) is 0 Å². The van der Waals surface area contributed by atoms with E-state index < -0.39 is 5.82 Å². The molecular weight excluding hydrogens is 277 g/mol. The number of anilines is 1. The number of aliphatic imine (C=N–C) groups is 1. The number of allylic oxidation sites excluding steroid dienone is 2. The number of ether oxygens (including phenoxy) is 1. The Bertz CT molecular complexity index is 654. The fourth-order valence-corrected chi connectivity index (χ4v) is 1.72. The second-order valence-electron chi connectivity index (χ2n) is 4.13. The van der Waals surface area contributed by atoms with Crippen molar-refractivity contribution in [3.05, 3.63) is 36.3 Å². The molecule has 0 saturated carbocycles. The number of nitrogens with two attached hydrogens (primary N) is 1. The van der Waals surface area contributed by atoms with Crippen LogP contribution in [-0.2, 0) is 9.53 Å². The molecule has 2 heterocycles. The number of Topliss-reactive ketones (excluding diaryl/α,β-unsaturated/α-hetero) is 1. The van der Waals surface area contributed by atoms with Gasteiger partial charge in [-0.2, -0.15) is 0 Å². The van der Waals surface area contributed by atoms with Crippen LogP contribution in [0, 0.1) is 5.82 Å². The van der Waals surface area contributed by atoms with Crippen LogP contribution in [0.2, 0.25) is 0 Å². The standard InChI is InChI=1S/C13H14FN5O2/c1-3-8(12-18-5-9(14)11(15)19-12)10-13(16-2)17-4-7(20)6-21-10/h3,5H,1,4,6H2,2H3,(H,16,17)(H2,15,18,19)/b10-8-. The molecule has 1 aromatic heterocycles. The van der Waals surface area contributed by atoms with Crippen LogP contribution >= 0.6 is 0 Å². The molecule has 0 atom stereocenters. The molecule has 21 heavy (non-hydrogen) atoms. The Morgan fingerprint density at radius 1 is 1.67 bits per heavy atom. The third-order valence-corrected chi connectivity index (χ3v) is 2.73. The molecule has 0 unspecified atom stereocenters. The molecular formula is C13H14FN5O2. The van der Waals surface area contributed by atoms with Crippen LogP contribution in [0.1, 0.15) is 5.82 Å². The number of nitrogens with zero attached hydrogens (tertiary/aromatic N) is 3. The summed E-state index contributed by atoms with van der Waals surface area (Å²) in [6.45, 7) is 3.65. The second kappa shape index (κ2) is 6.12. The van der Waals surface area contributed by atoms with E-state index in [2.05, 4.69) is 26.9 Å². The lowest BCUT2D eigenvalue weighted by Gasteiger charge is -2.12. The van der Waals surface area contributed by atoms with Crippen LogP contribution in [0.25, 0.3) is 5.57 Å². The Morgan fingerprint density at radius 3 is 3.05 bits per heavy atom. The van der Waals surface area contributed by atoms with Crippen molar-refractivity contribution in [2.75, 3.05) is 25.9 Å². The first kappa shape index (κ1) is 14.6. The van der Waals surface area contributed by atoms with Crippen LogP contribution in [0.4, 0.5) is 10.2 Å². The summed E-state index contributed by atoms with van der Waals surface area (Å²) in [4.78, 5) is 23.2. The maximum Gasteiger partial charge on any atom is 0.189 e. The predicted molar refractivity (Wildman–Crippen MR) is 75.8 cm³/mol. The molecule has 0 aliphatic carbocycles. The highest BCUT2D eigenvalue weighted by atomic mass is 19.1. The number of hydrogen-bond acceptors (Lipinski definition) is 6. The first-order valence-corrected chi connectivity index (χ1v) is 6.07. The summed E-state index contributed by atoms with van der Waals surface area (Å²) in [5.74, 6) is -0.365. The van der Waals surface area contributed by atoms with Crippen LogP contribution < -0.4 is 11.1 Å². The van der Waals surface area contributed by atoms with Gasteiger partial charge in [-0.3, -0.25) is 9.79 Å². The number of amidine groups is 1. The van der Waals surface area contributed by atoms with Crippen molar-refractivity contribution in [2.24, 2.45) is 4.99 Å². The highest BCUT2D eigenvalue weighted by Gasteiger charge is 2.22. The van der Waals surface area contributed by atoms with Crippen molar-refractivity contribution >= 4 is 23.0 Å². The SMILES string of the molecule is C=C/C(=C1/OCC(=O)CNC1=NC)c1ncc(F)c(N)n1. The molecule has 1 aliphatic heterocycles. The minimum absolute atomic E-state index is 0.104. The monoisotopic (exact) mass is 291 g/mol. The summed E-state index contributed by atoms with van der Waals surface area (Å²) >= 11 is 0. The van der Waals surface area contributed by atoms with E-state index >= 15 is 0 Å². The Balaban J connectivity index is 2.56. The van der Waals surface area contributed by atoms with Crippen LogP contribution in [-0.4, -0.2) is 41.8 Å². The van der Waals surface area contributed by atoms with Crippen LogP contribution in [0.3, 0.4) is 0 Å². The molecule has 7 nitrogen and oxygen atoms in total. The lowest BCUT2D eigenvalue weighted by atomic mass is 10.2. The van der Waals surface area contributed by atoms with Crippen LogP contribution in [0.5, 0.6) is 0 Å². The maximum absolute atomic E-state index is 13.2. The van der Waals surface area contributed by atoms with E-state index in [1.807, 2.05) is 0 Å². The lowest BCUT2D eigenvalue weighted by Crippen LogP contribution is -2.28.